The second kappa shape index (κ2) is 9.75. The molecule has 0 aromatic carbocycles. The summed E-state index contributed by atoms with van der Waals surface area (Å²) < 4.78 is 10.6. The number of ether oxygens (including phenoxy) is 1. The second-order valence-corrected chi connectivity index (χ2v) is 7.28. The molecule has 2 aliphatic rings. The smallest absolute Gasteiger partial charge is 0.315 e. The average molecular weight is 378 g/mol. The number of carbonyl (C=O) groups excluding carboxylic acids is 2. The first-order chi connectivity index (χ1) is 13.2. The minimum Gasteiger partial charge on any atom is -0.467 e. The van der Waals surface area contributed by atoms with E-state index in [-0.39, 0.29) is 24.0 Å². The summed E-state index contributed by atoms with van der Waals surface area (Å²) in [6.07, 6.45) is 7.39. The van der Waals surface area contributed by atoms with Crippen molar-refractivity contribution in [2.75, 3.05) is 39.4 Å². The lowest BCUT2D eigenvalue weighted by Crippen LogP contribution is -2.60. The Morgan fingerprint density at radius 2 is 1.85 bits per heavy atom. The van der Waals surface area contributed by atoms with Crippen LogP contribution in [0.25, 0.3) is 0 Å². The Morgan fingerprint density at radius 3 is 2.56 bits per heavy atom. The van der Waals surface area contributed by atoms with Crippen molar-refractivity contribution in [3.05, 3.63) is 24.2 Å². The summed E-state index contributed by atoms with van der Waals surface area (Å²) in [6.45, 7) is 4.20. The summed E-state index contributed by atoms with van der Waals surface area (Å²) in [4.78, 5) is 26.5. The third-order valence-corrected chi connectivity index (χ3v) is 5.49. The van der Waals surface area contributed by atoms with Crippen LogP contribution in [0, 0.1) is 0 Å². The van der Waals surface area contributed by atoms with Crippen molar-refractivity contribution < 1.29 is 18.7 Å². The molecule has 1 aromatic heterocycles. The van der Waals surface area contributed by atoms with Crippen molar-refractivity contribution in [2.45, 2.75) is 44.2 Å². The van der Waals surface area contributed by atoms with E-state index < -0.39 is 0 Å². The fourth-order valence-corrected chi connectivity index (χ4v) is 3.98. The van der Waals surface area contributed by atoms with E-state index in [0.29, 0.717) is 18.8 Å². The van der Waals surface area contributed by atoms with Crippen LogP contribution in [0.4, 0.5) is 4.79 Å². The van der Waals surface area contributed by atoms with E-state index in [0.717, 1.165) is 39.1 Å². The molecule has 0 bridgehead atoms. The summed E-state index contributed by atoms with van der Waals surface area (Å²) in [5.74, 6) is 0.430. The van der Waals surface area contributed by atoms with Crippen LogP contribution in [0.3, 0.4) is 0 Å². The standard InChI is InChI=1S/C19H30N4O4/c24-17(20-13-16-5-4-10-27-16)14-21-18(25)22-15-19(6-2-1-3-7-19)23-8-11-26-12-9-23/h4-5,10H,1-3,6-9,11-15H2,(H,20,24)(H2,21,22,25). The van der Waals surface area contributed by atoms with E-state index in [1.165, 1.54) is 19.3 Å². The average Bonchev–Trinajstić information content (AvgIpc) is 3.24. The van der Waals surface area contributed by atoms with Crippen LogP contribution in [0.15, 0.2) is 22.8 Å². The molecule has 8 heteroatoms. The highest BCUT2D eigenvalue weighted by Gasteiger charge is 2.38. The van der Waals surface area contributed by atoms with Crippen LogP contribution in [0.1, 0.15) is 37.9 Å². The molecule has 1 aromatic rings. The first kappa shape index (κ1) is 19.7. The predicted molar refractivity (Wildman–Crippen MR) is 100 cm³/mol. The largest absolute Gasteiger partial charge is 0.467 e. The summed E-state index contributed by atoms with van der Waals surface area (Å²) in [5.41, 5.74) is 0.0148. The third-order valence-electron chi connectivity index (χ3n) is 5.49. The molecule has 0 spiro atoms. The van der Waals surface area contributed by atoms with E-state index in [9.17, 15) is 9.59 Å². The normalized spacial score (nSPS) is 20.0. The summed E-state index contributed by atoms with van der Waals surface area (Å²) >= 11 is 0. The highest BCUT2D eigenvalue weighted by molar-refractivity contribution is 5.83. The van der Waals surface area contributed by atoms with Gasteiger partial charge < -0.3 is 25.1 Å². The summed E-state index contributed by atoms with van der Waals surface area (Å²) in [7, 11) is 0. The molecular formula is C19H30N4O4. The Balaban J connectivity index is 1.41. The van der Waals surface area contributed by atoms with Gasteiger partial charge in [0, 0.05) is 25.2 Å². The molecule has 27 heavy (non-hydrogen) atoms. The molecule has 1 aliphatic heterocycles. The molecule has 1 saturated heterocycles. The summed E-state index contributed by atoms with van der Waals surface area (Å²) in [6, 6.07) is 3.25. The molecule has 2 heterocycles. The van der Waals surface area contributed by atoms with E-state index in [2.05, 4.69) is 20.9 Å². The Labute approximate surface area is 160 Å². The van der Waals surface area contributed by atoms with Gasteiger partial charge in [0.2, 0.25) is 5.91 Å². The number of amides is 3. The van der Waals surface area contributed by atoms with Crippen molar-refractivity contribution in [2.24, 2.45) is 0 Å². The number of carbonyl (C=O) groups is 2. The molecule has 8 nitrogen and oxygen atoms in total. The fraction of sp³-hybridized carbons (Fsp3) is 0.684. The predicted octanol–water partition coefficient (Wildman–Crippen LogP) is 1.23. The fourth-order valence-electron chi connectivity index (χ4n) is 3.98. The number of hydrogen-bond donors (Lipinski definition) is 3. The van der Waals surface area contributed by atoms with Gasteiger partial charge in [0.15, 0.2) is 0 Å². The number of furan rings is 1. The lowest BCUT2D eigenvalue weighted by Gasteiger charge is -2.48. The van der Waals surface area contributed by atoms with Gasteiger partial charge in [0.25, 0.3) is 0 Å². The zero-order valence-electron chi connectivity index (χ0n) is 15.8. The lowest BCUT2D eigenvalue weighted by atomic mass is 9.80. The molecule has 150 valence electrons. The molecule has 3 N–H and O–H groups in total. The van der Waals surface area contributed by atoms with E-state index >= 15 is 0 Å². The maximum atomic E-state index is 12.2. The first-order valence-corrected chi connectivity index (χ1v) is 9.82. The van der Waals surface area contributed by atoms with Gasteiger partial charge in [-0.15, -0.1) is 0 Å². The van der Waals surface area contributed by atoms with Gasteiger partial charge in [-0.3, -0.25) is 9.69 Å². The van der Waals surface area contributed by atoms with Gasteiger partial charge in [-0.2, -0.15) is 0 Å². The molecule has 3 amide bonds. The van der Waals surface area contributed by atoms with E-state index in [4.69, 9.17) is 9.15 Å². The Morgan fingerprint density at radius 1 is 1.07 bits per heavy atom. The van der Waals surface area contributed by atoms with Crippen molar-refractivity contribution in [3.63, 3.8) is 0 Å². The molecule has 3 rings (SSSR count). The van der Waals surface area contributed by atoms with Gasteiger partial charge in [0.1, 0.15) is 5.76 Å². The topological polar surface area (TPSA) is 95.8 Å². The third kappa shape index (κ3) is 5.71. The maximum Gasteiger partial charge on any atom is 0.315 e. The van der Waals surface area contributed by atoms with E-state index in [1.54, 1.807) is 18.4 Å². The monoisotopic (exact) mass is 378 g/mol. The Hall–Kier alpha value is -2.06. The van der Waals surface area contributed by atoms with Gasteiger partial charge in [-0.25, -0.2) is 4.79 Å². The van der Waals surface area contributed by atoms with Crippen LogP contribution in [0.2, 0.25) is 0 Å². The van der Waals surface area contributed by atoms with Crippen LogP contribution >= 0.6 is 0 Å². The van der Waals surface area contributed by atoms with Crippen LogP contribution in [-0.4, -0.2) is 61.8 Å². The van der Waals surface area contributed by atoms with Crippen molar-refractivity contribution in [3.8, 4) is 0 Å². The minimum atomic E-state index is -0.304. The Kier molecular flexibility index (Phi) is 7.11. The first-order valence-electron chi connectivity index (χ1n) is 9.82. The number of nitrogens with zero attached hydrogens (tertiary/aromatic N) is 1. The van der Waals surface area contributed by atoms with Crippen LogP contribution in [-0.2, 0) is 16.1 Å². The number of morpholine rings is 1. The molecule has 0 unspecified atom stereocenters. The van der Waals surface area contributed by atoms with Gasteiger partial charge in [0.05, 0.1) is 32.6 Å². The van der Waals surface area contributed by atoms with Gasteiger partial charge >= 0.3 is 6.03 Å². The quantitative estimate of drug-likeness (QED) is 0.663. The van der Waals surface area contributed by atoms with Crippen LogP contribution < -0.4 is 16.0 Å². The van der Waals surface area contributed by atoms with Crippen molar-refractivity contribution in [1.29, 1.82) is 0 Å². The molecule has 2 fully saturated rings. The zero-order chi connectivity index (χ0) is 19.0. The number of rotatable bonds is 7. The number of nitrogens with one attached hydrogen (secondary N) is 3. The van der Waals surface area contributed by atoms with Crippen molar-refractivity contribution >= 4 is 11.9 Å². The molecule has 1 saturated carbocycles. The molecular weight excluding hydrogens is 348 g/mol. The highest BCUT2D eigenvalue weighted by Crippen LogP contribution is 2.33. The molecule has 1 aliphatic carbocycles. The van der Waals surface area contributed by atoms with Gasteiger partial charge in [-0.05, 0) is 25.0 Å². The number of urea groups is 1. The zero-order valence-corrected chi connectivity index (χ0v) is 15.8. The number of hydrogen-bond acceptors (Lipinski definition) is 5. The van der Waals surface area contributed by atoms with Crippen LogP contribution in [0.5, 0.6) is 0 Å². The SMILES string of the molecule is O=C(CNC(=O)NCC1(N2CCOCC2)CCCCC1)NCc1ccco1. The maximum absolute atomic E-state index is 12.2. The molecule has 0 atom stereocenters. The van der Waals surface area contributed by atoms with Crippen molar-refractivity contribution in [1.82, 2.24) is 20.9 Å². The second-order valence-electron chi connectivity index (χ2n) is 7.28. The van der Waals surface area contributed by atoms with E-state index in [1.807, 2.05) is 0 Å². The summed E-state index contributed by atoms with van der Waals surface area (Å²) in [5, 5.41) is 8.33. The molecule has 0 radical (unpaired) electrons. The minimum absolute atomic E-state index is 0.0148. The highest BCUT2D eigenvalue weighted by atomic mass is 16.5. The lowest BCUT2D eigenvalue weighted by molar-refractivity contribution is -0.120. The Bertz CT molecular complexity index is 593. The van der Waals surface area contributed by atoms with Gasteiger partial charge in [-0.1, -0.05) is 19.3 Å².